The van der Waals surface area contributed by atoms with Gasteiger partial charge in [-0.05, 0) is 94.1 Å². The highest BCUT2D eigenvalue weighted by atomic mass is 16.5. The Morgan fingerprint density at radius 2 is 1.76 bits per heavy atom. The van der Waals surface area contributed by atoms with Gasteiger partial charge in [-0.25, -0.2) is 4.79 Å². The van der Waals surface area contributed by atoms with Gasteiger partial charge in [-0.15, -0.1) is 0 Å². The second kappa shape index (κ2) is 11.6. The van der Waals surface area contributed by atoms with E-state index in [0.717, 1.165) is 23.2 Å². The third kappa shape index (κ3) is 5.35. The van der Waals surface area contributed by atoms with Crippen LogP contribution in [0.25, 0.3) is 11.1 Å². The Balaban J connectivity index is 1.52. The fourth-order valence-corrected chi connectivity index (χ4v) is 6.77. The van der Waals surface area contributed by atoms with Gasteiger partial charge in [0.25, 0.3) is 5.91 Å². The van der Waals surface area contributed by atoms with Gasteiger partial charge in [0.05, 0.1) is 18.7 Å². The molecule has 4 aromatic rings. The third-order valence-corrected chi connectivity index (χ3v) is 8.87. The third-order valence-electron chi connectivity index (χ3n) is 8.87. The minimum Gasteiger partial charge on any atom is -0.504 e. The highest BCUT2D eigenvalue weighted by Crippen LogP contribution is 2.55. The summed E-state index contributed by atoms with van der Waals surface area (Å²) in [6.07, 6.45) is 0.756. The summed E-state index contributed by atoms with van der Waals surface area (Å²) in [7, 11) is 1.48. The summed E-state index contributed by atoms with van der Waals surface area (Å²) in [4.78, 5) is 25.5. The summed E-state index contributed by atoms with van der Waals surface area (Å²) in [5.74, 6) is -1.16. The fraction of sp³-hybridized carbons (Fsp3) is 0.250. The van der Waals surface area contributed by atoms with Crippen LogP contribution in [-0.4, -0.2) is 41.6 Å². The lowest BCUT2D eigenvalue weighted by Gasteiger charge is -2.39. The number of nitrogen functional groups attached to an aromatic ring is 1. The SMILES string of the molecule is COc1cc(C2Nc3ccc(C(=N)N)cc3C3c4ccccc4CC23)c(-c2ccc(C(=O)NCC(C)C)cc2C(=O)O)cc1O. The predicted molar refractivity (Wildman–Crippen MR) is 174 cm³/mol. The van der Waals surface area contributed by atoms with Crippen LogP contribution in [0.15, 0.2) is 72.8 Å². The number of ether oxygens (including phenoxy) is 1. The molecule has 1 aliphatic carbocycles. The van der Waals surface area contributed by atoms with Gasteiger partial charge in [-0.3, -0.25) is 10.2 Å². The van der Waals surface area contributed by atoms with Crippen molar-refractivity contribution >= 4 is 23.4 Å². The number of hydrogen-bond donors (Lipinski definition) is 6. The van der Waals surface area contributed by atoms with Crippen molar-refractivity contribution in [1.82, 2.24) is 5.32 Å². The van der Waals surface area contributed by atoms with Crippen molar-refractivity contribution in [1.29, 1.82) is 5.41 Å². The zero-order valence-electron chi connectivity index (χ0n) is 25.3. The molecule has 7 N–H and O–H groups in total. The number of aromatic carboxylic acids is 1. The standard InChI is InChI=1S/C36H36N4O5/c1-18(2)17-39-35(42)21-8-10-23(26(14-21)36(43)44)24-15-30(41)31(45-3)16-25(24)33-28-12-19-6-4-5-7-22(19)32(28)27-13-20(34(37)38)9-11-29(27)40-33/h4-11,13-16,18,28,32-33,40-41H,12,17H2,1-3H3,(H3,37,38)(H,39,42)(H,43,44). The van der Waals surface area contributed by atoms with Gasteiger partial charge in [0.2, 0.25) is 0 Å². The number of nitrogens with one attached hydrogen (secondary N) is 3. The molecular weight excluding hydrogens is 568 g/mol. The van der Waals surface area contributed by atoms with Crippen LogP contribution in [0.2, 0.25) is 0 Å². The molecule has 1 heterocycles. The number of amides is 1. The Morgan fingerprint density at radius 3 is 2.47 bits per heavy atom. The van der Waals surface area contributed by atoms with Crippen LogP contribution in [0.1, 0.15) is 74.3 Å². The average Bonchev–Trinajstić information content (AvgIpc) is 3.42. The van der Waals surface area contributed by atoms with E-state index in [9.17, 15) is 19.8 Å². The molecule has 0 saturated heterocycles. The van der Waals surface area contributed by atoms with Crippen molar-refractivity contribution in [3.63, 3.8) is 0 Å². The lowest BCUT2D eigenvalue weighted by molar-refractivity contribution is 0.0697. The van der Waals surface area contributed by atoms with Gasteiger partial charge in [-0.1, -0.05) is 44.2 Å². The molecule has 0 saturated carbocycles. The zero-order valence-corrected chi connectivity index (χ0v) is 25.3. The van der Waals surface area contributed by atoms with E-state index in [2.05, 4.69) is 22.8 Å². The number of phenols is 1. The number of hydrogen-bond acceptors (Lipinski definition) is 6. The monoisotopic (exact) mass is 604 g/mol. The number of fused-ring (bicyclic) bond motifs is 5. The average molecular weight is 605 g/mol. The van der Waals surface area contributed by atoms with Crippen molar-refractivity contribution in [2.45, 2.75) is 32.2 Å². The van der Waals surface area contributed by atoms with Crippen LogP contribution in [0, 0.1) is 17.2 Å². The lowest BCUT2D eigenvalue weighted by Crippen LogP contribution is -2.31. The van der Waals surface area contributed by atoms with E-state index in [1.165, 1.54) is 24.3 Å². The first-order valence-corrected chi connectivity index (χ1v) is 15.0. The molecule has 9 heteroatoms. The molecule has 45 heavy (non-hydrogen) atoms. The summed E-state index contributed by atoms with van der Waals surface area (Å²) < 4.78 is 5.54. The maximum Gasteiger partial charge on any atom is 0.336 e. The van der Waals surface area contributed by atoms with Crippen LogP contribution in [0.3, 0.4) is 0 Å². The first-order valence-electron chi connectivity index (χ1n) is 15.0. The van der Waals surface area contributed by atoms with Gasteiger partial charge in [0, 0.05) is 29.3 Å². The van der Waals surface area contributed by atoms with Gasteiger partial charge in [0.15, 0.2) is 11.5 Å². The molecule has 3 unspecified atom stereocenters. The Morgan fingerprint density at radius 1 is 1.00 bits per heavy atom. The van der Waals surface area contributed by atoms with Crippen LogP contribution in [-0.2, 0) is 6.42 Å². The Bertz CT molecular complexity index is 1850. The first-order chi connectivity index (χ1) is 21.6. The number of carbonyl (C=O) groups is 2. The van der Waals surface area contributed by atoms with Crippen molar-refractivity contribution in [3.8, 4) is 22.6 Å². The second-order valence-electron chi connectivity index (χ2n) is 12.2. The quantitative estimate of drug-likeness (QED) is 0.108. The molecule has 0 radical (unpaired) electrons. The maximum atomic E-state index is 12.8. The Kier molecular flexibility index (Phi) is 7.70. The smallest absolute Gasteiger partial charge is 0.336 e. The van der Waals surface area contributed by atoms with Gasteiger partial charge in [-0.2, -0.15) is 0 Å². The number of carboxylic acids is 1. The predicted octanol–water partition coefficient (Wildman–Crippen LogP) is 5.91. The number of phenolic OH excluding ortho intramolecular Hbond substituents is 1. The molecule has 0 fully saturated rings. The Hall–Kier alpha value is -5.31. The van der Waals surface area contributed by atoms with Crippen molar-refractivity contribution < 1.29 is 24.5 Å². The number of benzene rings is 4. The van der Waals surface area contributed by atoms with Crippen molar-refractivity contribution in [2.24, 2.45) is 17.6 Å². The van der Waals surface area contributed by atoms with Gasteiger partial charge in [0.1, 0.15) is 5.84 Å². The Labute approximate surface area is 261 Å². The number of aromatic hydroxyl groups is 1. The maximum absolute atomic E-state index is 12.8. The highest BCUT2D eigenvalue weighted by Gasteiger charge is 2.44. The van der Waals surface area contributed by atoms with Gasteiger partial charge >= 0.3 is 5.97 Å². The fourth-order valence-electron chi connectivity index (χ4n) is 6.77. The van der Waals surface area contributed by atoms with E-state index in [1.807, 2.05) is 44.2 Å². The van der Waals surface area contributed by atoms with E-state index in [-0.39, 0.29) is 58.2 Å². The number of methoxy groups -OCH3 is 1. The first kappa shape index (κ1) is 29.7. The molecular formula is C36H36N4O5. The summed E-state index contributed by atoms with van der Waals surface area (Å²) in [5, 5.41) is 35.9. The molecule has 0 spiro atoms. The molecule has 230 valence electrons. The number of nitrogens with two attached hydrogens (primary N) is 1. The minimum absolute atomic E-state index is 0.00385. The topological polar surface area (TPSA) is 158 Å². The van der Waals surface area contributed by atoms with E-state index in [1.54, 1.807) is 24.3 Å². The largest absolute Gasteiger partial charge is 0.504 e. The lowest BCUT2D eigenvalue weighted by atomic mass is 9.73. The van der Waals surface area contributed by atoms with Crippen LogP contribution >= 0.6 is 0 Å². The van der Waals surface area contributed by atoms with Crippen molar-refractivity contribution in [3.05, 3.63) is 112 Å². The number of amidine groups is 1. The normalized spacial score (nSPS) is 17.9. The number of rotatable bonds is 8. The molecule has 0 bridgehead atoms. The molecule has 0 aromatic heterocycles. The second-order valence-corrected chi connectivity index (χ2v) is 12.2. The molecule has 4 aromatic carbocycles. The van der Waals surface area contributed by atoms with Crippen molar-refractivity contribution in [2.75, 3.05) is 19.0 Å². The minimum atomic E-state index is -1.19. The van der Waals surface area contributed by atoms with Crippen LogP contribution in [0.5, 0.6) is 11.5 Å². The molecule has 1 amide bonds. The summed E-state index contributed by atoms with van der Waals surface area (Å²) in [5.41, 5.74) is 12.7. The number of carbonyl (C=O) groups excluding carboxylic acids is 1. The molecule has 3 atom stereocenters. The number of carboxylic acid groups (broad SMARTS) is 1. The van der Waals surface area contributed by atoms with E-state index < -0.39 is 5.97 Å². The highest BCUT2D eigenvalue weighted by molar-refractivity contribution is 6.02. The van der Waals surface area contributed by atoms with Crippen LogP contribution < -0.4 is 21.1 Å². The van der Waals surface area contributed by atoms with E-state index in [0.29, 0.717) is 23.2 Å². The summed E-state index contributed by atoms with van der Waals surface area (Å²) >= 11 is 0. The van der Waals surface area contributed by atoms with Crippen LogP contribution in [0.4, 0.5) is 5.69 Å². The summed E-state index contributed by atoms with van der Waals surface area (Å²) in [6, 6.07) is 21.7. The molecule has 2 aliphatic rings. The number of anilines is 1. The molecule has 1 aliphatic heterocycles. The molecule has 9 nitrogen and oxygen atoms in total. The zero-order chi connectivity index (χ0) is 32.0. The summed E-state index contributed by atoms with van der Waals surface area (Å²) in [6.45, 7) is 4.43. The van der Waals surface area contributed by atoms with E-state index in [4.69, 9.17) is 15.9 Å². The van der Waals surface area contributed by atoms with E-state index >= 15 is 0 Å². The van der Waals surface area contributed by atoms with Gasteiger partial charge < -0.3 is 31.3 Å². The molecule has 6 rings (SSSR count).